The van der Waals surface area contributed by atoms with E-state index in [-0.39, 0.29) is 97.8 Å². The molecule has 0 radical (unpaired) electrons. The van der Waals surface area contributed by atoms with Crippen molar-refractivity contribution in [2.75, 3.05) is 86.5 Å². The number of rotatable bonds is 9. The maximum Gasteiger partial charge on any atom is 0.519 e. The maximum atomic E-state index is 13.2. The van der Waals surface area contributed by atoms with E-state index in [1.165, 1.54) is 11.8 Å². The van der Waals surface area contributed by atoms with E-state index < -0.39 is 60.5 Å². The standard InChI is InChI=1S/C37H39ClF3N7O9.C27H31ClF3N7O3.C5H5BrO3.CH4/c1-21-28(56-34(50)54-21)16-47-12-5-13-52-27-11-6-23(14-26(27)38)15-48(17-29-22(2)55-35(51)57-29)32-44-31(45-33(46-32)53-20-37(39,40)41)43-25-9-7-24(8-10-25)30(49)42-18-36(3,4)19-47;1-26(2)14-32-10-3-11-40-21-9-4-17(12-20(21)28)13-33-23-36-24(38-25(37-23)41-16-27(29,30)31)35-19-7-5-18(6-8-19)22(39)34-15-26;1-3-4(2-6)9-5(7)8-3;/h6-11,14H,5,12-13,15-20H2,1-4H3,(H,42,49)(H,43,44,45,46);4-9,12,32H,3,10-11,13-16H2,1-2H3,(H,34,39)(H2,33,35,36,37,38);2H2,1H3;1H4. The molecule has 0 saturated heterocycles. The van der Waals surface area contributed by atoms with Gasteiger partial charge in [-0.15, -0.1) is 0 Å². The molecule has 108 heavy (non-hydrogen) atoms. The summed E-state index contributed by atoms with van der Waals surface area (Å²) >= 11 is 16.2. The molecule has 8 aliphatic heterocycles. The average Bonchev–Trinajstić information content (AvgIpc) is 1.10. The third-order valence-corrected chi connectivity index (χ3v) is 16.6. The number of benzene rings is 4. The SMILES string of the molecule is C.CC1(C)CNCCCOc2ccc(cc2Cl)CNc2nc(nc(OCC(F)(F)F)n2)Nc2ccc(cc2)C(=O)NC1.Cc1oc(=O)oc1CBr.Cc1oc(=O)oc1CN1CCCOc2ccc(cc2Cl)CN(Cc2oc(=O)oc2C)c2nc(nc(OCC(F)(F)F)n2)Nc2ccc(cc2)C(=O)NCC(C)(C)C1. The Morgan fingerprint density at radius 1 is 0.546 bits per heavy atom. The fraction of sp³-hybridized carbons (Fsp3) is 0.414. The van der Waals surface area contributed by atoms with Gasteiger partial charge in [0.2, 0.25) is 23.8 Å². The van der Waals surface area contributed by atoms with Gasteiger partial charge in [-0.2, -0.15) is 56.2 Å². The number of halogens is 9. The molecule has 582 valence electrons. The maximum absolute atomic E-state index is 13.2. The van der Waals surface area contributed by atoms with Crippen molar-refractivity contribution in [1.29, 1.82) is 0 Å². The van der Waals surface area contributed by atoms with Gasteiger partial charge in [-0.05, 0) is 135 Å². The molecule has 0 spiro atoms. The summed E-state index contributed by atoms with van der Waals surface area (Å²) in [5, 5.41) is 19.3. The minimum absolute atomic E-state index is 0. The first-order valence-corrected chi connectivity index (χ1v) is 34.9. The van der Waals surface area contributed by atoms with E-state index in [1.54, 1.807) is 92.7 Å². The largest absolute Gasteiger partial charge is 0.519 e. The van der Waals surface area contributed by atoms with E-state index >= 15 is 0 Å². The lowest BCUT2D eigenvalue weighted by Crippen LogP contribution is -2.42. The molecule has 0 atom stereocenters. The molecule has 38 heteroatoms. The fourth-order valence-electron chi connectivity index (χ4n) is 10.2. The van der Waals surface area contributed by atoms with Crippen LogP contribution in [0, 0.1) is 31.6 Å². The van der Waals surface area contributed by atoms with Gasteiger partial charge in [0.1, 0.15) is 28.8 Å². The molecule has 12 bridgehead atoms. The molecule has 9 aromatic rings. The molecule has 29 nitrogen and oxygen atoms in total. The van der Waals surface area contributed by atoms with Crippen LogP contribution in [0.2, 0.25) is 10.0 Å². The van der Waals surface area contributed by atoms with E-state index in [9.17, 15) is 50.3 Å². The van der Waals surface area contributed by atoms with Crippen LogP contribution in [0.5, 0.6) is 23.5 Å². The molecule has 13 heterocycles. The Kier molecular flexibility index (Phi) is 29.0. The zero-order valence-electron chi connectivity index (χ0n) is 58.7. The summed E-state index contributed by atoms with van der Waals surface area (Å²) in [5.74, 6) is -0.259. The summed E-state index contributed by atoms with van der Waals surface area (Å²) in [6.45, 7) is 14.0. The van der Waals surface area contributed by atoms with Gasteiger partial charge in [-0.1, -0.05) is 86.4 Å². The molecule has 4 aromatic carbocycles. The zero-order chi connectivity index (χ0) is 77.2. The van der Waals surface area contributed by atoms with Gasteiger partial charge >= 0.3 is 41.8 Å². The molecule has 0 fully saturated rings. The van der Waals surface area contributed by atoms with E-state index in [1.807, 2.05) is 19.9 Å². The number of hydrogen-bond donors (Lipinski definition) is 6. The molecule has 6 N–H and O–H groups in total. The number of carbonyl (C=O) groups is 2. The van der Waals surface area contributed by atoms with Gasteiger partial charge in [0.15, 0.2) is 30.5 Å². The summed E-state index contributed by atoms with van der Waals surface area (Å²) < 4.78 is 129. The van der Waals surface area contributed by atoms with Crippen LogP contribution in [-0.2, 0) is 31.5 Å². The third-order valence-electron chi connectivity index (χ3n) is 15.5. The molecule has 0 unspecified atom stereocenters. The number of alkyl halides is 7. The Labute approximate surface area is 632 Å². The van der Waals surface area contributed by atoms with E-state index in [4.69, 9.17) is 59.8 Å². The van der Waals surface area contributed by atoms with Crippen molar-refractivity contribution >= 4 is 86.1 Å². The zero-order valence-corrected chi connectivity index (χ0v) is 61.8. The van der Waals surface area contributed by atoms with E-state index in [2.05, 4.69) is 105 Å². The molecule has 2 amide bonds. The Bertz CT molecular complexity index is 4670. The molecule has 0 saturated carbocycles. The van der Waals surface area contributed by atoms with Crippen LogP contribution >= 0.6 is 39.1 Å². The van der Waals surface area contributed by atoms with Crippen LogP contribution in [0.3, 0.4) is 0 Å². The van der Waals surface area contributed by atoms with Gasteiger partial charge in [0.05, 0.1) is 41.7 Å². The van der Waals surface area contributed by atoms with Crippen molar-refractivity contribution in [3.63, 3.8) is 0 Å². The second kappa shape index (κ2) is 37.6. The number of carbonyl (C=O) groups excluding carboxylic acids is 2. The minimum atomic E-state index is -4.69. The lowest BCUT2D eigenvalue weighted by molar-refractivity contribution is -0.155. The van der Waals surface area contributed by atoms with Crippen molar-refractivity contribution in [3.05, 3.63) is 184 Å². The Morgan fingerprint density at radius 3 is 1.52 bits per heavy atom. The van der Waals surface area contributed by atoms with Crippen LogP contribution in [0.1, 0.15) is 114 Å². The summed E-state index contributed by atoms with van der Waals surface area (Å²) in [6.07, 6.45) is -7.97. The predicted molar refractivity (Wildman–Crippen MR) is 388 cm³/mol. The highest BCUT2D eigenvalue weighted by molar-refractivity contribution is 9.08. The topological polar surface area (TPSA) is 357 Å². The highest BCUT2D eigenvalue weighted by atomic mass is 79.9. The highest BCUT2D eigenvalue weighted by Gasteiger charge is 2.32. The summed E-state index contributed by atoms with van der Waals surface area (Å²) in [4.78, 5) is 88.4. The summed E-state index contributed by atoms with van der Waals surface area (Å²) in [5.41, 5.74) is 2.42. The summed E-state index contributed by atoms with van der Waals surface area (Å²) in [6, 6.07) is 22.0. The Balaban J connectivity index is 0.000000251. The molecule has 17 rings (SSSR count). The van der Waals surface area contributed by atoms with Crippen molar-refractivity contribution in [2.24, 2.45) is 10.8 Å². The number of amides is 2. The molecule has 0 aliphatic carbocycles. The fourth-order valence-corrected chi connectivity index (χ4v) is 11.2. The minimum Gasteiger partial charge on any atom is -0.492 e. The lowest BCUT2D eigenvalue weighted by Gasteiger charge is -2.32. The van der Waals surface area contributed by atoms with Crippen LogP contribution in [0.4, 0.5) is 61.5 Å². The number of anilines is 6. The smallest absolute Gasteiger partial charge is 0.492 e. The van der Waals surface area contributed by atoms with Gasteiger partial charge in [0.25, 0.3) is 11.8 Å². The number of nitrogens with zero attached hydrogens (tertiary/aromatic N) is 8. The molecule has 8 aliphatic rings. The number of hydrogen-bond acceptors (Lipinski definition) is 27. The normalized spacial score (nSPS) is 15.4. The number of nitrogens with one attached hydrogen (secondary N) is 6. The van der Waals surface area contributed by atoms with Gasteiger partial charge in [-0.25, -0.2) is 14.4 Å². The molecular formula is C70H79BrCl2F6N14O15. The number of aryl methyl sites for hydroxylation is 3. The highest BCUT2D eigenvalue weighted by Crippen LogP contribution is 2.32. The quantitative estimate of drug-likeness (QED) is 0.0577. The predicted octanol–water partition coefficient (Wildman–Crippen LogP) is 13.2. The lowest BCUT2D eigenvalue weighted by atomic mass is 9.92. The second-order valence-corrected chi connectivity index (χ2v) is 27.3. The van der Waals surface area contributed by atoms with Crippen molar-refractivity contribution in [2.45, 2.75) is 113 Å². The Hall–Kier alpha value is -10.2. The molecule has 5 aromatic heterocycles. The average molecular weight is 1620 g/mol. The second-order valence-electron chi connectivity index (χ2n) is 25.9. The molecular weight excluding hydrogens is 1540 g/mol. The van der Waals surface area contributed by atoms with Crippen molar-refractivity contribution in [1.82, 2.24) is 50.8 Å². The van der Waals surface area contributed by atoms with Gasteiger partial charge in [-0.3, -0.25) is 14.5 Å². The van der Waals surface area contributed by atoms with E-state index in [0.717, 1.165) is 18.5 Å². The summed E-state index contributed by atoms with van der Waals surface area (Å²) in [7, 11) is 0. The van der Waals surface area contributed by atoms with Gasteiger partial charge < -0.3 is 82.3 Å². The Morgan fingerprint density at radius 2 is 1.02 bits per heavy atom. The van der Waals surface area contributed by atoms with Gasteiger partial charge in [0, 0.05) is 68.3 Å². The monoisotopic (exact) mass is 1620 g/mol. The first kappa shape index (κ1) is 83.5. The van der Waals surface area contributed by atoms with Crippen LogP contribution in [-0.4, -0.2) is 125 Å². The number of ether oxygens (including phenoxy) is 4. The number of aromatic nitrogens is 6. The van der Waals surface area contributed by atoms with Crippen LogP contribution in [0.25, 0.3) is 0 Å². The van der Waals surface area contributed by atoms with Crippen molar-refractivity contribution in [3.8, 4) is 23.5 Å². The van der Waals surface area contributed by atoms with Crippen LogP contribution in [0.15, 0.2) is 126 Å². The van der Waals surface area contributed by atoms with E-state index in [0.29, 0.717) is 119 Å². The van der Waals surface area contributed by atoms with Crippen LogP contribution < -0.4 is 73.2 Å². The first-order chi connectivity index (χ1) is 50.7. The van der Waals surface area contributed by atoms with Crippen molar-refractivity contribution < 1.29 is 81.4 Å². The first-order valence-electron chi connectivity index (χ1n) is 33.0. The third kappa shape index (κ3) is 26.4.